The Morgan fingerprint density at radius 3 is 2.33 bits per heavy atom. The van der Waals surface area contributed by atoms with Crippen molar-refractivity contribution in [3.63, 3.8) is 0 Å². The number of nitrogens with one attached hydrogen (secondary N) is 2. The van der Waals surface area contributed by atoms with E-state index in [1.165, 1.54) is 42.3 Å². The van der Waals surface area contributed by atoms with Crippen LogP contribution in [0.3, 0.4) is 0 Å². The maximum absolute atomic E-state index is 13.4. The molecule has 0 spiro atoms. The summed E-state index contributed by atoms with van der Waals surface area (Å²) in [4.78, 5) is 27.5. The van der Waals surface area contributed by atoms with Gasteiger partial charge in [-0.2, -0.15) is 0 Å². The zero-order valence-electron chi connectivity index (χ0n) is 21.9. The average Bonchev–Trinajstić information content (AvgIpc) is 2.83. The number of nitrogens with zero attached hydrogens (tertiary/aromatic N) is 2. The lowest BCUT2D eigenvalue weighted by Gasteiger charge is -2.34. The summed E-state index contributed by atoms with van der Waals surface area (Å²) in [5, 5.41) is 13.0. The molecule has 0 heterocycles. The number of carbonyl (C=O) groups is 2. The molecule has 0 fully saturated rings. The van der Waals surface area contributed by atoms with Gasteiger partial charge < -0.3 is 20.1 Å². The van der Waals surface area contributed by atoms with Crippen LogP contribution in [0.2, 0.25) is 10.0 Å². The second kappa shape index (κ2) is 15.2. The van der Waals surface area contributed by atoms with Gasteiger partial charge in [-0.1, -0.05) is 23.2 Å². The highest BCUT2D eigenvalue weighted by Crippen LogP contribution is 2.25. The number of carboxylic acid groups (broad SMARTS) is 1. The predicted molar refractivity (Wildman–Crippen MR) is 149 cm³/mol. The number of urea groups is 1. The first kappa shape index (κ1) is 32.6. The van der Waals surface area contributed by atoms with Crippen molar-refractivity contribution in [2.24, 2.45) is 0 Å². The first-order valence-electron chi connectivity index (χ1n) is 12.1. The van der Waals surface area contributed by atoms with Gasteiger partial charge in [-0.15, -0.1) is 0 Å². The van der Waals surface area contributed by atoms with Crippen LogP contribution in [-0.2, 0) is 14.8 Å². The Kier molecular flexibility index (Phi) is 12.7. The van der Waals surface area contributed by atoms with Crippen molar-refractivity contribution in [2.75, 3.05) is 38.3 Å². The number of hydrogen-bond donors (Lipinski definition) is 3. The highest BCUT2D eigenvalue weighted by atomic mass is 35.5. The highest BCUT2D eigenvalue weighted by molar-refractivity contribution is 7.89. The van der Waals surface area contributed by atoms with Gasteiger partial charge in [0.05, 0.1) is 17.7 Å². The van der Waals surface area contributed by atoms with Gasteiger partial charge in [0.15, 0.2) is 0 Å². The standard InChI is InChI=1S/C25H33Cl2FN4O6S/c1-17(2)30-24(33)31(13-5-4-12-29-39(36,37)23-11-6-18(26)14-22(23)27)15-21(16-38-3)32(25(34)35)20-9-7-19(28)8-10-20/h6-11,14,17,21,29H,4-5,12-13,15-16H2,1-3H3,(H,30,33)(H,34,35)/t21-/m1/s1. The number of halogens is 3. The third-order valence-electron chi connectivity index (χ3n) is 5.50. The van der Waals surface area contributed by atoms with Crippen LogP contribution in [0.5, 0.6) is 0 Å². The molecule has 14 heteroatoms. The van der Waals surface area contributed by atoms with E-state index in [9.17, 15) is 27.5 Å². The summed E-state index contributed by atoms with van der Waals surface area (Å²) < 4.78 is 46.4. The van der Waals surface area contributed by atoms with E-state index in [-0.39, 0.29) is 47.9 Å². The maximum atomic E-state index is 13.4. The van der Waals surface area contributed by atoms with E-state index in [4.69, 9.17) is 27.9 Å². The third-order valence-corrected chi connectivity index (χ3v) is 7.67. The number of amides is 3. The Morgan fingerprint density at radius 1 is 1.10 bits per heavy atom. The van der Waals surface area contributed by atoms with Crippen molar-refractivity contribution in [1.29, 1.82) is 0 Å². The summed E-state index contributed by atoms with van der Waals surface area (Å²) in [5.41, 5.74) is 0.227. The van der Waals surface area contributed by atoms with Crippen LogP contribution >= 0.6 is 23.2 Å². The number of carbonyl (C=O) groups excluding carboxylic acids is 1. The second-order valence-corrected chi connectivity index (χ2v) is 11.5. The molecule has 0 unspecified atom stereocenters. The fraction of sp³-hybridized carbons (Fsp3) is 0.440. The van der Waals surface area contributed by atoms with Gasteiger partial charge in [-0.05, 0) is 69.2 Å². The van der Waals surface area contributed by atoms with Crippen molar-refractivity contribution in [3.05, 3.63) is 58.3 Å². The van der Waals surface area contributed by atoms with Crippen molar-refractivity contribution in [3.8, 4) is 0 Å². The summed E-state index contributed by atoms with van der Waals surface area (Å²) >= 11 is 11.9. The van der Waals surface area contributed by atoms with Crippen molar-refractivity contribution in [1.82, 2.24) is 14.9 Å². The zero-order valence-corrected chi connectivity index (χ0v) is 24.2. The number of rotatable bonds is 14. The number of methoxy groups -OCH3 is 1. The minimum Gasteiger partial charge on any atom is -0.465 e. The van der Waals surface area contributed by atoms with Gasteiger partial charge in [0, 0.05) is 43.5 Å². The van der Waals surface area contributed by atoms with Crippen LogP contribution in [-0.4, -0.2) is 76.0 Å². The number of unbranched alkanes of at least 4 members (excludes halogenated alkanes) is 1. The Labute approximate surface area is 238 Å². The highest BCUT2D eigenvalue weighted by Gasteiger charge is 2.29. The molecule has 0 bridgehead atoms. The topological polar surface area (TPSA) is 128 Å². The molecule has 3 amide bonds. The zero-order chi connectivity index (χ0) is 29.2. The number of anilines is 1. The predicted octanol–water partition coefficient (Wildman–Crippen LogP) is 4.81. The molecule has 1 atom stereocenters. The third kappa shape index (κ3) is 10.1. The summed E-state index contributed by atoms with van der Waals surface area (Å²) in [6, 6.07) is 7.66. The fourth-order valence-electron chi connectivity index (χ4n) is 3.75. The first-order valence-corrected chi connectivity index (χ1v) is 14.4. The molecule has 0 saturated carbocycles. The number of sulfonamides is 1. The van der Waals surface area contributed by atoms with E-state index in [0.29, 0.717) is 17.9 Å². The summed E-state index contributed by atoms with van der Waals surface area (Å²) in [6.07, 6.45) is -0.500. The Balaban J connectivity index is 2.11. The second-order valence-electron chi connectivity index (χ2n) is 8.97. The minimum atomic E-state index is -3.87. The minimum absolute atomic E-state index is 0.000134. The molecule has 0 radical (unpaired) electrons. The molecular formula is C25H33Cl2FN4O6S. The van der Waals surface area contributed by atoms with Crippen LogP contribution in [0, 0.1) is 5.82 Å². The van der Waals surface area contributed by atoms with E-state index >= 15 is 0 Å². The Hall–Kier alpha value is -2.64. The average molecular weight is 608 g/mol. The number of ether oxygens (including phenoxy) is 1. The van der Waals surface area contributed by atoms with Crippen molar-refractivity contribution < 1.29 is 32.2 Å². The lowest BCUT2D eigenvalue weighted by atomic mass is 10.2. The molecule has 3 N–H and O–H groups in total. The van der Waals surface area contributed by atoms with E-state index in [1.54, 1.807) is 13.8 Å². The molecule has 2 rings (SSSR count). The molecule has 0 aromatic heterocycles. The van der Waals surface area contributed by atoms with Crippen LogP contribution in [0.4, 0.5) is 19.7 Å². The lowest BCUT2D eigenvalue weighted by Crippen LogP contribution is -2.53. The van der Waals surface area contributed by atoms with Crippen molar-refractivity contribution in [2.45, 2.75) is 43.7 Å². The molecule has 2 aromatic carbocycles. The quantitative estimate of drug-likeness (QED) is 0.265. The van der Waals surface area contributed by atoms with E-state index in [0.717, 1.165) is 17.0 Å². The smallest absolute Gasteiger partial charge is 0.412 e. The normalized spacial score (nSPS) is 12.3. The largest absolute Gasteiger partial charge is 0.465 e. The van der Waals surface area contributed by atoms with Crippen LogP contribution in [0.1, 0.15) is 26.7 Å². The maximum Gasteiger partial charge on any atom is 0.412 e. The van der Waals surface area contributed by atoms with E-state index in [1.807, 2.05) is 0 Å². The molecule has 0 aliphatic carbocycles. The molecule has 0 saturated heterocycles. The van der Waals surface area contributed by atoms with Gasteiger partial charge >= 0.3 is 12.1 Å². The molecule has 10 nitrogen and oxygen atoms in total. The van der Waals surface area contributed by atoms with E-state index < -0.39 is 34.0 Å². The van der Waals surface area contributed by atoms with Gasteiger partial charge in [0.2, 0.25) is 10.0 Å². The SMILES string of the molecule is COC[C@@H](CN(CCCCNS(=O)(=O)c1ccc(Cl)cc1Cl)C(=O)NC(C)C)N(C(=O)O)c1ccc(F)cc1. The van der Waals surface area contributed by atoms with Gasteiger partial charge in [0.25, 0.3) is 0 Å². The first-order chi connectivity index (χ1) is 18.4. The summed E-state index contributed by atoms with van der Waals surface area (Å²) in [7, 11) is -2.46. The molecule has 2 aromatic rings. The molecule has 0 aliphatic rings. The number of hydrogen-bond acceptors (Lipinski definition) is 5. The van der Waals surface area contributed by atoms with Gasteiger partial charge in [-0.3, -0.25) is 4.90 Å². The summed E-state index contributed by atoms with van der Waals surface area (Å²) in [6.45, 7) is 3.82. The van der Waals surface area contributed by atoms with E-state index in [2.05, 4.69) is 10.0 Å². The fourth-order valence-corrected chi connectivity index (χ4v) is 5.60. The van der Waals surface area contributed by atoms with Crippen LogP contribution in [0.25, 0.3) is 0 Å². The van der Waals surface area contributed by atoms with Gasteiger partial charge in [0.1, 0.15) is 10.7 Å². The lowest BCUT2D eigenvalue weighted by molar-refractivity contribution is 0.142. The molecule has 216 valence electrons. The van der Waals surface area contributed by atoms with Crippen LogP contribution < -0.4 is 14.9 Å². The monoisotopic (exact) mass is 606 g/mol. The molecule has 39 heavy (non-hydrogen) atoms. The Morgan fingerprint density at radius 2 is 1.77 bits per heavy atom. The molecular weight excluding hydrogens is 574 g/mol. The Bertz CT molecular complexity index is 1220. The van der Waals surface area contributed by atoms with Gasteiger partial charge in [-0.25, -0.2) is 27.1 Å². The van der Waals surface area contributed by atoms with Crippen LogP contribution in [0.15, 0.2) is 47.4 Å². The van der Waals surface area contributed by atoms with Crippen molar-refractivity contribution >= 4 is 51.0 Å². The number of benzene rings is 2. The summed E-state index contributed by atoms with van der Waals surface area (Å²) in [5.74, 6) is -0.515. The molecule has 0 aliphatic heterocycles.